The molecular weight excluding hydrogens is 304 g/mol. The highest BCUT2D eigenvalue weighted by atomic mass is 16.2. The number of likely N-dealkylation sites (tertiary alicyclic amines) is 1. The minimum absolute atomic E-state index is 0.00531. The normalized spacial score (nSPS) is 32.0. The van der Waals surface area contributed by atoms with E-state index in [0.717, 1.165) is 31.6 Å². The second-order valence-corrected chi connectivity index (χ2v) is 7.75. The summed E-state index contributed by atoms with van der Waals surface area (Å²) < 4.78 is 0. The number of likely N-dealkylation sites (N-methyl/N-ethyl adjacent to an activating group) is 1. The van der Waals surface area contributed by atoms with Crippen LogP contribution in [0.1, 0.15) is 47.0 Å². The summed E-state index contributed by atoms with van der Waals surface area (Å²) in [6.45, 7) is 11.0. The molecule has 0 aromatic carbocycles. The third-order valence-electron chi connectivity index (χ3n) is 5.79. The van der Waals surface area contributed by atoms with Gasteiger partial charge in [0.15, 0.2) is 0 Å². The second kappa shape index (κ2) is 6.37. The van der Waals surface area contributed by atoms with E-state index in [1.54, 1.807) is 0 Å². The average molecular weight is 334 g/mol. The Morgan fingerprint density at radius 1 is 1.38 bits per heavy atom. The van der Waals surface area contributed by atoms with Crippen LogP contribution in [-0.2, 0) is 4.79 Å². The second-order valence-electron chi connectivity index (χ2n) is 7.75. The topological polar surface area (TPSA) is 65.0 Å². The zero-order valence-corrected chi connectivity index (χ0v) is 15.3. The van der Waals surface area contributed by atoms with E-state index in [-0.39, 0.29) is 17.9 Å². The molecule has 1 saturated carbocycles. The Balaban J connectivity index is 1.75. The molecule has 24 heavy (non-hydrogen) atoms. The number of rotatable bonds is 4. The number of hydrogen-bond donors (Lipinski definition) is 1. The highest BCUT2D eigenvalue weighted by Crippen LogP contribution is 2.50. The van der Waals surface area contributed by atoms with Crippen molar-refractivity contribution in [2.45, 2.75) is 52.5 Å². The summed E-state index contributed by atoms with van der Waals surface area (Å²) in [5, 5.41) is 3.00. The zero-order chi connectivity index (χ0) is 17.5. The van der Waals surface area contributed by atoms with E-state index >= 15 is 0 Å². The number of fused-ring (bicyclic) bond motifs is 2. The first kappa shape index (κ1) is 17.2. The van der Waals surface area contributed by atoms with Crippen molar-refractivity contribution in [2.75, 3.05) is 26.2 Å². The highest BCUT2D eigenvalue weighted by Gasteiger charge is 2.61. The van der Waals surface area contributed by atoms with Gasteiger partial charge in [0.2, 0.25) is 0 Å². The molecule has 3 rings (SSSR count). The van der Waals surface area contributed by atoms with Crippen LogP contribution in [0.4, 0.5) is 4.79 Å². The SMILES string of the molecule is CCC1=N[C@@]2(CC[C@@H]3CN(C(=O)NCC(C)C)C[C@@H]32)C(=O)N1CC. The van der Waals surface area contributed by atoms with E-state index in [0.29, 0.717) is 31.5 Å². The van der Waals surface area contributed by atoms with E-state index in [1.807, 2.05) is 16.7 Å². The number of amides is 3. The molecule has 1 aliphatic carbocycles. The van der Waals surface area contributed by atoms with Gasteiger partial charge in [-0.05, 0) is 31.6 Å². The van der Waals surface area contributed by atoms with Crippen molar-refractivity contribution in [2.24, 2.45) is 22.7 Å². The Kier molecular flexibility index (Phi) is 4.58. The zero-order valence-electron chi connectivity index (χ0n) is 15.3. The number of aliphatic imine (C=N–C) groups is 1. The summed E-state index contributed by atoms with van der Waals surface area (Å²) in [4.78, 5) is 34.1. The molecule has 1 N–H and O–H groups in total. The molecule has 2 aliphatic heterocycles. The van der Waals surface area contributed by atoms with E-state index < -0.39 is 5.54 Å². The Morgan fingerprint density at radius 2 is 2.12 bits per heavy atom. The van der Waals surface area contributed by atoms with Crippen molar-refractivity contribution in [3.8, 4) is 0 Å². The molecule has 134 valence electrons. The number of carbonyl (C=O) groups excluding carboxylic acids is 2. The first-order valence-corrected chi connectivity index (χ1v) is 9.36. The lowest BCUT2D eigenvalue weighted by atomic mass is 9.85. The maximum absolute atomic E-state index is 13.1. The largest absolute Gasteiger partial charge is 0.338 e. The molecule has 1 saturated heterocycles. The number of nitrogens with one attached hydrogen (secondary N) is 1. The van der Waals surface area contributed by atoms with Gasteiger partial charge in [0.25, 0.3) is 5.91 Å². The van der Waals surface area contributed by atoms with Crippen molar-refractivity contribution in [3.63, 3.8) is 0 Å². The Hall–Kier alpha value is -1.59. The van der Waals surface area contributed by atoms with Crippen molar-refractivity contribution in [1.29, 1.82) is 0 Å². The van der Waals surface area contributed by atoms with Crippen molar-refractivity contribution >= 4 is 17.8 Å². The highest BCUT2D eigenvalue weighted by molar-refractivity contribution is 6.08. The van der Waals surface area contributed by atoms with Crippen LogP contribution in [0, 0.1) is 17.8 Å². The Labute approximate surface area is 144 Å². The molecular formula is C18H30N4O2. The van der Waals surface area contributed by atoms with Gasteiger partial charge in [-0.3, -0.25) is 14.7 Å². The molecule has 0 aromatic rings. The van der Waals surface area contributed by atoms with E-state index in [2.05, 4.69) is 26.1 Å². The summed E-state index contributed by atoms with van der Waals surface area (Å²) in [6.07, 6.45) is 2.61. The summed E-state index contributed by atoms with van der Waals surface area (Å²) in [7, 11) is 0. The molecule has 3 amide bonds. The fourth-order valence-electron chi connectivity index (χ4n) is 4.55. The van der Waals surface area contributed by atoms with Crippen molar-refractivity contribution < 1.29 is 9.59 Å². The van der Waals surface area contributed by atoms with Gasteiger partial charge in [0.05, 0.1) is 0 Å². The molecule has 0 radical (unpaired) electrons. The lowest BCUT2D eigenvalue weighted by molar-refractivity contribution is -0.132. The fourth-order valence-corrected chi connectivity index (χ4v) is 4.55. The minimum Gasteiger partial charge on any atom is -0.338 e. The van der Waals surface area contributed by atoms with E-state index in [1.165, 1.54) is 0 Å². The van der Waals surface area contributed by atoms with Gasteiger partial charge < -0.3 is 10.2 Å². The monoisotopic (exact) mass is 334 g/mol. The van der Waals surface area contributed by atoms with Crippen LogP contribution in [0.25, 0.3) is 0 Å². The summed E-state index contributed by atoms with van der Waals surface area (Å²) in [5.74, 6) is 2.10. The van der Waals surface area contributed by atoms with Gasteiger partial charge in [-0.25, -0.2) is 4.79 Å². The van der Waals surface area contributed by atoms with Crippen LogP contribution in [0.5, 0.6) is 0 Å². The maximum atomic E-state index is 13.1. The molecule has 3 atom stereocenters. The number of urea groups is 1. The smallest absolute Gasteiger partial charge is 0.317 e. The molecule has 0 aromatic heterocycles. The third kappa shape index (κ3) is 2.60. The minimum atomic E-state index is -0.598. The number of amidine groups is 1. The number of nitrogens with zero attached hydrogens (tertiary/aromatic N) is 3. The third-order valence-corrected chi connectivity index (χ3v) is 5.79. The molecule has 2 heterocycles. The van der Waals surface area contributed by atoms with E-state index in [9.17, 15) is 9.59 Å². The van der Waals surface area contributed by atoms with Crippen LogP contribution in [-0.4, -0.2) is 59.3 Å². The molecule has 1 spiro atoms. The first-order valence-electron chi connectivity index (χ1n) is 9.36. The average Bonchev–Trinajstić information content (AvgIpc) is 3.19. The quantitative estimate of drug-likeness (QED) is 0.856. The van der Waals surface area contributed by atoms with Crippen LogP contribution < -0.4 is 5.32 Å². The first-order chi connectivity index (χ1) is 11.4. The van der Waals surface area contributed by atoms with Crippen LogP contribution >= 0.6 is 0 Å². The molecule has 3 aliphatic rings. The van der Waals surface area contributed by atoms with Gasteiger partial charge >= 0.3 is 6.03 Å². The van der Waals surface area contributed by atoms with Crippen LogP contribution in [0.15, 0.2) is 4.99 Å². The summed E-state index contributed by atoms with van der Waals surface area (Å²) in [6, 6.07) is 0.00531. The summed E-state index contributed by atoms with van der Waals surface area (Å²) >= 11 is 0. The van der Waals surface area contributed by atoms with Gasteiger partial charge in [0.1, 0.15) is 11.4 Å². The van der Waals surface area contributed by atoms with Crippen molar-refractivity contribution in [1.82, 2.24) is 15.1 Å². The Bertz CT molecular complexity index is 559. The van der Waals surface area contributed by atoms with Gasteiger partial charge in [-0.1, -0.05) is 20.8 Å². The molecule has 0 unspecified atom stereocenters. The fraction of sp³-hybridized carbons (Fsp3) is 0.833. The van der Waals surface area contributed by atoms with Gasteiger partial charge in [-0.15, -0.1) is 0 Å². The van der Waals surface area contributed by atoms with Crippen molar-refractivity contribution in [3.05, 3.63) is 0 Å². The molecule has 0 bridgehead atoms. The predicted molar refractivity (Wildman–Crippen MR) is 93.9 cm³/mol. The van der Waals surface area contributed by atoms with Crippen LogP contribution in [0.2, 0.25) is 0 Å². The standard InChI is InChI=1S/C18H30N4O2/c1-5-15-20-18(16(23)22(15)6-2)8-7-13-10-21(11-14(13)18)17(24)19-9-12(3)4/h12-14H,5-11H2,1-4H3,(H,19,24)/t13-,14+,18-/m1/s1. The lowest BCUT2D eigenvalue weighted by Gasteiger charge is -2.28. The molecule has 6 nitrogen and oxygen atoms in total. The molecule has 2 fully saturated rings. The van der Waals surface area contributed by atoms with E-state index in [4.69, 9.17) is 4.99 Å². The Morgan fingerprint density at radius 3 is 2.71 bits per heavy atom. The predicted octanol–water partition coefficient (Wildman–Crippen LogP) is 2.10. The van der Waals surface area contributed by atoms with Crippen LogP contribution in [0.3, 0.4) is 0 Å². The molecule has 6 heteroatoms. The van der Waals surface area contributed by atoms with Gasteiger partial charge in [-0.2, -0.15) is 0 Å². The lowest BCUT2D eigenvalue weighted by Crippen LogP contribution is -2.47. The summed E-state index contributed by atoms with van der Waals surface area (Å²) in [5.41, 5.74) is -0.598. The van der Waals surface area contributed by atoms with Gasteiger partial charge in [0, 0.05) is 38.5 Å². The number of hydrogen-bond acceptors (Lipinski definition) is 3. The maximum Gasteiger partial charge on any atom is 0.317 e. The number of carbonyl (C=O) groups is 2.